The third-order valence-electron chi connectivity index (χ3n) is 4.12. The molecular weight excluding hydrogens is 445 g/mol. The first kappa shape index (κ1) is 22.3. The maximum atomic E-state index is 12.9. The highest BCUT2D eigenvalue weighted by molar-refractivity contribution is 7.92. The molecule has 0 fully saturated rings. The van der Waals surface area contributed by atoms with Gasteiger partial charge in [0.05, 0.1) is 11.3 Å². The average Bonchev–Trinajstić information content (AvgIpc) is 2.75. The summed E-state index contributed by atoms with van der Waals surface area (Å²) in [5.74, 6) is -1.53. The van der Waals surface area contributed by atoms with Gasteiger partial charge >= 0.3 is 0 Å². The predicted molar refractivity (Wildman–Crippen MR) is 114 cm³/mol. The summed E-state index contributed by atoms with van der Waals surface area (Å²) in [6.45, 7) is 0. The van der Waals surface area contributed by atoms with Gasteiger partial charge in [-0.25, -0.2) is 12.8 Å². The molecule has 0 aliphatic carbocycles. The Hall–Kier alpha value is -3.43. The molecular formula is C21H17ClFN3O4S. The third kappa shape index (κ3) is 6.27. The smallest absolute Gasteiger partial charge is 0.269 e. The zero-order chi connectivity index (χ0) is 22.4. The molecule has 0 bridgehead atoms. The maximum Gasteiger partial charge on any atom is 0.269 e. The maximum absolute atomic E-state index is 12.9. The fourth-order valence-corrected chi connectivity index (χ4v) is 3.73. The number of halogens is 2. The molecule has 10 heteroatoms. The largest absolute Gasteiger partial charge is 0.280 e. The first-order valence-corrected chi connectivity index (χ1v) is 10.8. The van der Waals surface area contributed by atoms with Gasteiger partial charge in [-0.3, -0.25) is 25.2 Å². The summed E-state index contributed by atoms with van der Waals surface area (Å²) in [6.07, 6.45) is -0.0475. The SMILES string of the molecule is O=C(Cc1ccc(F)cc1)NNC(=O)c1ccc(S(=O)(=O)Nc2ccc(Cl)cc2)cc1. The van der Waals surface area contributed by atoms with Gasteiger partial charge in [-0.05, 0) is 66.2 Å². The van der Waals surface area contributed by atoms with E-state index in [0.29, 0.717) is 16.3 Å². The monoisotopic (exact) mass is 461 g/mol. The molecule has 3 aromatic rings. The second-order valence-corrected chi connectivity index (χ2v) is 8.56. The van der Waals surface area contributed by atoms with Crippen LogP contribution in [0.25, 0.3) is 0 Å². The molecule has 0 aliphatic rings. The lowest BCUT2D eigenvalue weighted by atomic mass is 10.1. The van der Waals surface area contributed by atoms with Crippen LogP contribution in [0.3, 0.4) is 0 Å². The standard InChI is InChI=1S/C21H17ClFN3O4S/c22-16-5-9-18(10-6-16)26-31(29,30)19-11-3-15(4-12-19)21(28)25-24-20(27)13-14-1-7-17(23)8-2-14/h1-12,26H,13H2,(H,24,27)(H,25,28). The Morgan fingerprint density at radius 2 is 1.45 bits per heavy atom. The van der Waals surface area contributed by atoms with Crippen LogP contribution in [0.5, 0.6) is 0 Å². The van der Waals surface area contributed by atoms with Crippen molar-refractivity contribution < 1.29 is 22.4 Å². The van der Waals surface area contributed by atoms with Gasteiger partial charge in [-0.1, -0.05) is 23.7 Å². The number of anilines is 1. The van der Waals surface area contributed by atoms with Crippen LogP contribution in [0.15, 0.2) is 77.7 Å². The Morgan fingerprint density at radius 1 is 0.839 bits per heavy atom. The predicted octanol–water partition coefficient (Wildman–Crippen LogP) is 3.28. The summed E-state index contributed by atoms with van der Waals surface area (Å²) in [5, 5.41) is 0.475. The number of benzene rings is 3. The van der Waals surface area contributed by atoms with E-state index in [1.165, 1.54) is 60.7 Å². The second-order valence-electron chi connectivity index (χ2n) is 6.44. The highest BCUT2D eigenvalue weighted by atomic mass is 35.5. The molecule has 0 heterocycles. The number of hydrogen-bond acceptors (Lipinski definition) is 4. The summed E-state index contributed by atoms with van der Waals surface area (Å²) in [6, 6.07) is 16.7. The summed E-state index contributed by atoms with van der Waals surface area (Å²) in [7, 11) is -3.85. The minimum Gasteiger partial charge on any atom is -0.280 e. The number of sulfonamides is 1. The topological polar surface area (TPSA) is 104 Å². The van der Waals surface area contributed by atoms with Crippen molar-refractivity contribution in [1.29, 1.82) is 0 Å². The quantitative estimate of drug-likeness (QED) is 0.490. The molecule has 160 valence electrons. The number of hydrazine groups is 1. The highest BCUT2D eigenvalue weighted by Crippen LogP contribution is 2.18. The van der Waals surface area contributed by atoms with E-state index in [2.05, 4.69) is 15.6 Å². The third-order valence-corrected chi connectivity index (χ3v) is 5.77. The van der Waals surface area contributed by atoms with Crippen LogP contribution in [0.1, 0.15) is 15.9 Å². The van der Waals surface area contributed by atoms with Crippen LogP contribution in [0.2, 0.25) is 5.02 Å². The zero-order valence-corrected chi connectivity index (χ0v) is 17.5. The zero-order valence-electron chi connectivity index (χ0n) is 15.9. The molecule has 0 saturated carbocycles. The fraction of sp³-hybridized carbons (Fsp3) is 0.0476. The van der Waals surface area contributed by atoms with Crippen molar-refractivity contribution in [2.45, 2.75) is 11.3 Å². The highest BCUT2D eigenvalue weighted by Gasteiger charge is 2.15. The van der Waals surface area contributed by atoms with Crippen molar-refractivity contribution in [2.75, 3.05) is 4.72 Å². The lowest BCUT2D eigenvalue weighted by Gasteiger charge is -2.10. The summed E-state index contributed by atoms with van der Waals surface area (Å²) >= 11 is 5.78. The molecule has 2 amide bonds. The van der Waals surface area contributed by atoms with Crippen LogP contribution in [0.4, 0.5) is 10.1 Å². The van der Waals surface area contributed by atoms with Crippen LogP contribution < -0.4 is 15.6 Å². The van der Waals surface area contributed by atoms with Gasteiger partial charge in [0.2, 0.25) is 5.91 Å². The van der Waals surface area contributed by atoms with Crippen molar-refractivity contribution in [3.8, 4) is 0 Å². The van der Waals surface area contributed by atoms with Crippen LogP contribution in [-0.2, 0) is 21.2 Å². The van der Waals surface area contributed by atoms with Crippen LogP contribution in [0, 0.1) is 5.82 Å². The molecule has 7 nitrogen and oxygen atoms in total. The van der Waals surface area contributed by atoms with Gasteiger partial charge in [-0.2, -0.15) is 0 Å². The fourth-order valence-electron chi connectivity index (χ4n) is 2.55. The minimum absolute atomic E-state index is 0.0423. The second kappa shape index (κ2) is 9.59. The number of rotatable bonds is 6. The normalized spacial score (nSPS) is 10.9. The van der Waals surface area contributed by atoms with Gasteiger partial charge < -0.3 is 0 Å². The first-order valence-electron chi connectivity index (χ1n) is 8.95. The first-order chi connectivity index (χ1) is 14.7. The Morgan fingerprint density at radius 3 is 2.06 bits per heavy atom. The molecule has 0 atom stereocenters. The number of carbonyl (C=O) groups is 2. The molecule has 0 saturated heterocycles. The summed E-state index contributed by atoms with van der Waals surface area (Å²) in [5.41, 5.74) is 5.56. The van der Waals surface area contributed by atoms with E-state index >= 15 is 0 Å². The summed E-state index contributed by atoms with van der Waals surface area (Å²) in [4.78, 5) is 24.0. The molecule has 31 heavy (non-hydrogen) atoms. The van der Waals surface area contributed by atoms with E-state index in [-0.39, 0.29) is 16.9 Å². The van der Waals surface area contributed by atoms with Crippen molar-refractivity contribution in [3.63, 3.8) is 0 Å². The number of nitrogens with one attached hydrogen (secondary N) is 3. The Balaban J connectivity index is 1.57. The Kier molecular flexibility index (Phi) is 6.88. The molecule has 0 unspecified atom stereocenters. The van der Waals surface area contributed by atoms with E-state index in [4.69, 9.17) is 11.6 Å². The molecule has 0 spiro atoms. The van der Waals surface area contributed by atoms with Gasteiger partial charge in [-0.15, -0.1) is 0 Å². The van der Waals surface area contributed by atoms with Gasteiger partial charge in [0.15, 0.2) is 0 Å². The van der Waals surface area contributed by atoms with E-state index in [1.807, 2.05) is 0 Å². The molecule has 0 aromatic heterocycles. The van der Waals surface area contributed by atoms with Crippen molar-refractivity contribution >= 4 is 39.1 Å². The van der Waals surface area contributed by atoms with Crippen molar-refractivity contribution in [3.05, 3.63) is 94.8 Å². The van der Waals surface area contributed by atoms with Gasteiger partial charge in [0, 0.05) is 16.3 Å². The van der Waals surface area contributed by atoms with E-state index in [0.717, 1.165) is 0 Å². The molecule has 0 aliphatic heterocycles. The molecule has 3 N–H and O–H groups in total. The molecule has 3 rings (SSSR count). The van der Waals surface area contributed by atoms with Crippen LogP contribution >= 0.6 is 11.6 Å². The number of hydrogen-bond donors (Lipinski definition) is 3. The Bertz CT molecular complexity index is 1180. The lowest BCUT2D eigenvalue weighted by Crippen LogP contribution is -2.42. The van der Waals surface area contributed by atoms with E-state index in [1.54, 1.807) is 12.1 Å². The van der Waals surface area contributed by atoms with Gasteiger partial charge in [0.1, 0.15) is 5.82 Å². The lowest BCUT2D eigenvalue weighted by molar-refractivity contribution is -0.121. The van der Waals surface area contributed by atoms with Gasteiger partial charge in [0.25, 0.3) is 15.9 Å². The Labute approximate surface area is 183 Å². The molecule has 0 radical (unpaired) electrons. The minimum atomic E-state index is -3.85. The molecule has 3 aromatic carbocycles. The summed E-state index contributed by atoms with van der Waals surface area (Å²) < 4.78 is 40.2. The average molecular weight is 462 g/mol. The van der Waals surface area contributed by atoms with Crippen LogP contribution in [-0.4, -0.2) is 20.2 Å². The van der Waals surface area contributed by atoms with Crippen molar-refractivity contribution in [2.24, 2.45) is 0 Å². The van der Waals surface area contributed by atoms with E-state index in [9.17, 15) is 22.4 Å². The number of amides is 2. The number of carbonyl (C=O) groups excluding carboxylic acids is 2. The van der Waals surface area contributed by atoms with Crippen molar-refractivity contribution in [1.82, 2.24) is 10.9 Å². The van der Waals surface area contributed by atoms with E-state index < -0.39 is 27.7 Å².